The van der Waals surface area contributed by atoms with Crippen LogP contribution < -0.4 is 10.1 Å². The molecule has 0 aromatic heterocycles. The minimum Gasteiger partial charge on any atom is -0.457 e. The van der Waals surface area contributed by atoms with Crippen LogP contribution >= 0.6 is 0 Å². The second-order valence-electron chi connectivity index (χ2n) is 4.89. The van der Waals surface area contributed by atoms with E-state index in [2.05, 4.69) is 18.3 Å². The quantitative estimate of drug-likeness (QED) is 0.874. The first-order valence-corrected chi connectivity index (χ1v) is 6.84. The van der Waals surface area contributed by atoms with E-state index in [9.17, 15) is 4.39 Å². The van der Waals surface area contributed by atoms with Crippen LogP contribution in [0.4, 0.5) is 4.39 Å². The zero-order valence-corrected chi connectivity index (χ0v) is 12.2. The molecule has 0 unspecified atom stereocenters. The van der Waals surface area contributed by atoms with E-state index in [4.69, 9.17) is 4.74 Å². The van der Waals surface area contributed by atoms with Crippen LogP contribution in [0.3, 0.4) is 0 Å². The molecule has 0 bridgehead atoms. The molecule has 0 amide bonds. The number of aryl methyl sites for hydroxylation is 2. The van der Waals surface area contributed by atoms with Gasteiger partial charge in [-0.2, -0.15) is 0 Å². The van der Waals surface area contributed by atoms with Crippen LogP contribution in [0.15, 0.2) is 36.4 Å². The Balaban J connectivity index is 2.14. The maximum absolute atomic E-state index is 13.5. The summed E-state index contributed by atoms with van der Waals surface area (Å²) in [5, 5.41) is 3.28. The smallest absolute Gasteiger partial charge is 0.130 e. The fraction of sp³-hybridized carbons (Fsp3) is 0.294. The van der Waals surface area contributed by atoms with Gasteiger partial charge in [0.1, 0.15) is 17.3 Å². The van der Waals surface area contributed by atoms with Gasteiger partial charge in [-0.25, -0.2) is 4.39 Å². The van der Waals surface area contributed by atoms with Crippen LogP contribution in [-0.4, -0.2) is 6.54 Å². The van der Waals surface area contributed by atoms with Crippen LogP contribution in [0, 0.1) is 19.7 Å². The Morgan fingerprint density at radius 1 is 1.05 bits per heavy atom. The summed E-state index contributed by atoms with van der Waals surface area (Å²) in [6.45, 7) is 7.60. The molecule has 0 spiro atoms. The molecule has 0 radical (unpaired) electrons. The molecule has 0 saturated carbocycles. The Bertz CT molecular complexity index is 596. The summed E-state index contributed by atoms with van der Waals surface area (Å²) in [5.74, 6) is 1.04. The predicted molar refractivity (Wildman–Crippen MR) is 79.8 cm³/mol. The first kappa shape index (κ1) is 14.5. The lowest BCUT2D eigenvalue weighted by Crippen LogP contribution is -2.11. The number of halogens is 1. The molecule has 2 rings (SSSR count). The van der Waals surface area contributed by atoms with Gasteiger partial charge in [-0.3, -0.25) is 0 Å². The predicted octanol–water partition coefficient (Wildman–Crippen LogP) is 4.34. The van der Waals surface area contributed by atoms with Crippen molar-refractivity contribution >= 4 is 0 Å². The highest BCUT2D eigenvalue weighted by Gasteiger charge is 2.05. The van der Waals surface area contributed by atoms with Crippen molar-refractivity contribution in [3.05, 3.63) is 58.9 Å². The molecular weight excluding hydrogens is 253 g/mol. The zero-order valence-electron chi connectivity index (χ0n) is 12.2. The molecule has 2 nitrogen and oxygen atoms in total. The Hall–Kier alpha value is -1.87. The maximum Gasteiger partial charge on any atom is 0.130 e. The van der Waals surface area contributed by atoms with E-state index in [0.29, 0.717) is 11.3 Å². The summed E-state index contributed by atoms with van der Waals surface area (Å²) >= 11 is 0. The Morgan fingerprint density at radius 2 is 1.85 bits per heavy atom. The monoisotopic (exact) mass is 273 g/mol. The van der Waals surface area contributed by atoms with Crippen molar-refractivity contribution in [1.29, 1.82) is 0 Å². The third-order valence-corrected chi connectivity index (χ3v) is 3.19. The van der Waals surface area contributed by atoms with E-state index < -0.39 is 0 Å². The Morgan fingerprint density at radius 3 is 2.50 bits per heavy atom. The molecule has 0 heterocycles. The molecule has 0 aliphatic rings. The molecule has 1 N–H and O–H groups in total. The van der Waals surface area contributed by atoms with Crippen LogP contribution in [0.5, 0.6) is 11.5 Å². The van der Waals surface area contributed by atoms with Crippen molar-refractivity contribution in [3.63, 3.8) is 0 Å². The highest BCUT2D eigenvalue weighted by molar-refractivity contribution is 5.40. The third kappa shape index (κ3) is 3.58. The molecule has 20 heavy (non-hydrogen) atoms. The average Bonchev–Trinajstić information content (AvgIpc) is 2.43. The van der Waals surface area contributed by atoms with Crippen LogP contribution in [0.25, 0.3) is 0 Å². The second kappa shape index (κ2) is 6.53. The third-order valence-electron chi connectivity index (χ3n) is 3.19. The molecule has 2 aromatic rings. The fourth-order valence-corrected chi connectivity index (χ4v) is 1.97. The lowest BCUT2D eigenvalue weighted by molar-refractivity contribution is 0.472. The number of rotatable bonds is 5. The van der Waals surface area contributed by atoms with Gasteiger partial charge in [0.2, 0.25) is 0 Å². The average molecular weight is 273 g/mol. The van der Waals surface area contributed by atoms with E-state index in [1.54, 1.807) is 19.1 Å². The molecule has 2 aromatic carbocycles. The SMILES string of the molecule is CCNCc1ccc(Oc2ccc(C)c(F)c2)c(C)c1. The van der Waals surface area contributed by atoms with E-state index in [1.807, 2.05) is 19.1 Å². The van der Waals surface area contributed by atoms with Gasteiger partial charge >= 0.3 is 0 Å². The Labute approximate surface area is 119 Å². The number of hydrogen-bond acceptors (Lipinski definition) is 2. The lowest BCUT2D eigenvalue weighted by Gasteiger charge is -2.11. The molecule has 0 aliphatic heterocycles. The standard InChI is InChI=1S/C17H20FNO/c1-4-19-11-14-6-8-17(13(3)9-14)20-15-7-5-12(2)16(18)10-15/h5-10,19H,4,11H2,1-3H3. The van der Waals surface area contributed by atoms with E-state index in [1.165, 1.54) is 11.6 Å². The minimum absolute atomic E-state index is 0.246. The summed E-state index contributed by atoms with van der Waals surface area (Å²) in [4.78, 5) is 0. The van der Waals surface area contributed by atoms with E-state index >= 15 is 0 Å². The van der Waals surface area contributed by atoms with Gasteiger partial charge in [0.15, 0.2) is 0 Å². The summed E-state index contributed by atoms with van der Waals surface area (Å²) in [6.07, 6.45) is 0. The number of hydrogen-bond donors (Lipinski definition) is 1. The lowest BCUT2D eigenvalue weighted by atomic mass is 10.1. The van der Waals surface area contributed by atoms with Gasteiger partial charge in [0.25, 0.3) is 0 Å². The Kier molecular flexibility index (Phi) is 4.74. The molecule has 0 atom stereocenters. The van der Waals surface area contributed by atoms with E-state index in [-0.39, 0.29) is 5.82 Å². The van der Waals surface area contributed by atoms with E-state index in [0.717, 1.165) is 24.4 Å². The van der Waals surface area contributed by atoms with Crippen LogP contribution in [-0.2, 0) is 6.54 Å². The molecule has 106 valence electrons. The van der Waals surface area contributed by atoms with Gasteiger partial charge in [-0.05, 0) is 49.2 Å². The molecule has 0 aliphatic carbocycles. The molecule has 0 fully saturated rings. The summed E-state index contributed by atoms with van der Waals surface area (Å²) in [6, 6.07) is 11.0. The largest absolute Gasteiger partial charge is 0.457 e. The maximum atomic E-state index is 13.5. The summed E-state index contributed by atoms with van der Waals surface area (Å²) in [7, 11) is 0. The molecular formula is C17H20FNO. The van der Waals surface area contributed by atoms with Crippen molar-refractivity contribution in [2.75, 3.05) is 6.54 Å². The van der Waals surface area contributed by atoms with Crippen LogP contribution in [0.1, 0.15) is 23.6 Å². The number of ether oxygens (including phenoxy) is 1. The molecule has 3 heteroatoms. The van der Waals surface area contributed by atoms with Gasteiger partial charge in [-0.1, -0.05) is 25.1 Å². The van der Waals surface area contributed by atoms with Gasteiger partial charge in [0, 0.05) is 12.6 Å². The topological polar surface area (TPSA) is 21.3 Å². The first-order chi connectivity index (χ1) is 9.60. The fourth-order valence-electron chi connectivity index (χ4n) is 1.97. The van der Waals surface area contributed by atoms with Gasteiger partial charge in [0.05, 0.1) is 0 Å². The number of benzene rings is 2. The first-order valence-electron chi connectivity index (χ1n) is 6.84. The number of nitrogens with one attached hydrogen (secondary N) is 1. The van der Waals surface area contributed by atoms with Crippen molar-refractivity contribution in [2.24, 2.45) is 0 Å². The van der Waals surface area contributed by atoms with Crippen LogP contribution in [0.2, 0.25) is 0 Å². The van der Waals surface area contributed by atoms with Crippen molar-refractivity contribution in [1.82, 2.24) is 5.32 Å². The molecule has 0 saturated heterocycles. The highest BCUT2D eigenvalue weighted by atomic mass is 19.1. The van der Waals surface area contributed by atoms with Gasteiger partial charge in [-0.15, -0.1) is 0 Å². The van der Waals surface area contributed by atoms with Gasteiger partial charge < -0.3 is 10.1 Å². The minimum atomic E-state index is -0.246. The van der Waals surface area contributed by atoms with Crippen molar-refractivity contribution in [3.8, 4) is 11.5 Å². The summed E-state index contributed by atoms with van der Waals surface area (Å²) < 4.78 is 19.2. The van der Waals surface area contributed by atoms with Crippen molar-refractivity contribution < 1.29 is 9.13 Å². The highest BCUT2D eigenvalue weighted by Crippen LogP contribution is 2.27. The summed E-state index contributed by atoms with van der Waals surface area (Å²) in [5.41, 5.74) is 2.88. The second-order valence-corrected chi connectivity index (χ2v) is 4.89. The van der Waals surface area contributed by atoms with Crippen molar-refractivity contribution in [2.45, 2.75) is 27.3 Å². The normalized spacial score (nSPS) is 10.6. The zero-order chi connectivity index (χ0) is 14.5.